The van der Waals surface area contributed by atoms with Crippen LogP contribution in [0.2, 0.25) is 0 Å². The fourth-order valence-electron chi connectivity index (χ4n) is 7.24. The Kier molecular flexibility index (Phi) is 7.68. The van der Waals surface area contributed by atoms with Gasteiger partial charge >= 0.3 is 0 Å². The monoisotopic (exact) mass is 722 g/mol. The second-order valence-corrected chi connectivity index (χ2v) is 12.6. The first-order valence-electron chi connectivity index (χ1n) is 16.2. The molecular weight excluding hydrogens is 693 g/mol. The third-order valence-electron chi connectivity index (χ3n) is 9.35. The van der Waals surface area contributed by atoms with Crippen molar-refractivity contribution in [2.24, 2.45) is 0 Å². The van der Waals surface area contributed by atoms with Crippen LogP contribution in [0.15, 0.2) is 146 Å². The van der Waals surface area contributed by atoms with E-state index in [9.17, 15) is 0 Å². The molecule has 0 amide bonds. The Balaban J connectivity index is 0.00000348. The van der Waals surface area contributed by atoms with Gasteiger partial charge in [-0.3, -0.25) is 0 Å². The number of benzene rings is 6. The van der Waals surface area contributed by atoms with Gasteiger partial charge in [-0.1, -0.05) is 85.9 Å². The number of fused-ring (bicyclic) bond motifs is 6. The van der Waals surface area contributed by atoms with Crippen molar-refractivity contribution in [3.8, 4) is 28.4 Å². The van der Waals surface area contributed by atoms with Crippen LogP contribution in [-0.4, -0.2) is 9.55 Å². The zero-order valence-corrected chi connectivity index (χ0v) is 28.5. The number of nitrogens with zero attached hydrogens (tertiary/aromatic N) is 3. The Morgan fingerprint density at radius 3 is 2.29 bits per heavy atom. The molecule has 3 heterocycles. The Morgan fingerprint density at radius 1 is 0.673 bits per heavy atom. The molecule has 240 valence electrons. The molecule has 1 aliphatic heterocycles. The number of aromatic nitrogens is 2. The molecule has 0 radical (unpaired) electrons. The van der Waals surface area contributed by atoms with Crippen LogP contribution in [0.4, 0.5) is 17.1 Å². The Hall–Kier alpha value is -5.47. The Morgan fingerprint density at radius 2 is 1.45 bits per heavy atom. The molecule has 1 aliphatic rings. The van der Waals surface area contributed by atoms with Crippen LogP contribution in [0.5, 0.6) is 11.5 Å². The number of ether oxygens (including phenoxy) is 1. The Bertz CT molecular complexity index is 2470. The third kappa shape index (κ3) is 5.06. The van der Waals surface area contributed by atoms with Crippen LogP contribution in [0.1, 0.15) is 25.0 Å². The number of pyridine rings is 1. The fourth-order valence-corrected chi connectivity index (χ4v) is 7.24. The number of hydrogen-bond acceptors (Lipinski definition) is 3. The van der Waals surface area contributed by atoms with Crippen molar-refractivity contribution in [2.45, 2.75) is 19.3 Å². The van der Waals surface area contributed by atoms with Gasteiger partial charge in [0.2, 0.25) is 0 Å². The summed E-state index contributed by atoms with van der Waals surface area (Å²) in [7, 11) is 0. The van der Waals surface area contributed by atoms with Crippen molar-refractivity contribution in [3.05, 3.63) is 175 Å². The van der Waals surface area contributed by atoms with E-state index in [0.717, 1.165) is 34.0 Å². The molecule has 0 aliphatic carbocycles. The van der Waals surface area contributed by atoms with Gasteiger partial charge < -0.3 is 19.2 Å². The van der Waals surface area contributed by atoms with Gasteiger partial charge in [0.25, 0.3) is 0 Å². The minimum atomic E-state index is -0.325. The van der Waals surface area contributed by atoms with E-state index in [1.165, 1.54) is 32.9 Å². The van der Waals surface area contributed by atoms with Gasteiger partial charge in [0, 0.05) is 60.3 Å². The first kappa shape index (κ1) is 30.8. The normalized spacial score (nSPS) is 13.1. The van der Waals surface area contributed by atoms with Crippen molar-refractivity contribution in [1.29, 1.82) is 0 Å². The minimum Gasteiger partial charge on any atom is -0.503 e. The molecule has 0 atom stereocenters. The molecule has 6 aromatic carbocycles. The van der Waals surface area contributed by atoms with Gasteiger partial charge in [-0.05, 0) is 47.0 Å². The molecular formula is C44H30N3OPd-3. The van der Waals surface area contributed by atoms with Gasteiger partial charge in [0.15, 0.2) is 0 Å². The van der Waals surface area contributed by atoms with E-state index < -0.39 is 0 Å². The van der Waals surface area contributed by atoms with E-state index in [1.807, 2.05) is 54.6 Å². The van der Waals surface area contributed by atoms with Crippen LogP contribution >= 0.6 is 0 Å². The quantitative estimate of drug-likeness (QED) is 0.131. The van der Waals surface area contributed by atoms with E-state index in [4.69, 9.17) is 4.74 Å². The standard InChI is InChI=1S/C44H30N3O.Pd/c1-44(2)37-21-7-9-24-40(37)46(32-17-13-19-34(29-32)48-33-18-12-14-30(28-33)38-22-10-11-27-45-38)41-26-25-36-35-20-6-8-23-39(35)47(43(36)42(41)44)31-15-4-3-5-16-31;/h3-23,25-27H,1-2H3;/q-3;. The summed E-state index contributed by atoms with van der Waals surface area (Å²) in [5, 5.41) is 2.46. The summed E-state index contributed by atoms with van der Waals surface area (Å²) in [5.74, 6) is 1.21. The van der Waals surface area contributed by atoms with Crippen LogP contribution in [0.3, 0.4) is 0 Å². The van der Waals surface area contributed by atoms with Crippen molar-refractivity contribution < 1.29 is 25.2 Å². The van der Waals surface area contributed by atoms with Gasteiger partial charge in [-0.25, -0.2) is 0 Å². The first-order chi connectivity index (χ1) is 23.6. The summed E-state index contributed by atoms with van der Waals surface area (Å²) in [6, 6.07) is 58.5. The second kappa shape index (κ2) is 12.2. The average Bonchev–Trinajstić information content (AvgIpc) is 3.47. The maximum Gasteiger partial charge on any atom is 0.0592 e. The molecule has 0 saturated heterocycles. The fraction of sp³-hybridized carbons (Fsp3) is 0.0682. The van der Waals surface area contributed by atoms with Crippen molar-refractivity contribution in [3.63, 3.8) is 0 Å². The number of hydrogen-bond donors (Lipinski definition) is 0. The van der Waals surface area contributed by atoms with E-state index in [1.54, 1.807) is 6.20 Å². The van der Waals surface area contributed by atoms with E-state index >= 15 is 0 Å². The zero-order valence-electron chi connectivity index (χ0n) is 26.9. The number of anilines is 3. The van der Waals surface area contributed by atoms with Crippen LogP contribution in [-0.2, 0) is 25.8 Å². The molecule has 8 aromatic rings. The summed E-state index contributed by atoms with van der Waals surface area (Å²) in [6.07, 6.45) is 1.79. The van der Waals surface area contributed by atoms with E-state index in [2.05, 4.69) is 131 Å². The summed E-state index contributed by atoms with van der Waals surface area (Å²) in [6.45, 7) is 4.66. The van der Waals surface area contributed by atoms with Crippen molar-refractivity contribution in [2.75, 3.05) is 4.90 Å². The zero-order chi connectivity index (χ0) is 32.2. The number of para-hydroxylation sites is 3. The second-order valence-electron chi connectivity index (χ2n) is 12.6. The summed E-state index contributed by atoms with van der Waals surface area (Å²) in [4.78, 5) is 6.76. The maximum absolute atomic E-state index is 6.40. The maximum atomic E-state index is 6.40. The molecule has 0 saturated carbocycles. The molecule has 49 heavy (non-hydrogen) atoms. The molecule has 0 N–H and O–H groups in total. The molecule has 9 rings (SSSR count). The van der Waals surface area contributed by atoms with Crippen LogP contribution in [0, 0.1) is 18.2 Å². The van der Waals surface area contributed by atoms with Gasteiger partial charge in [-0.15, -0.1) is 47.5 Å². The minimum absolute atomic E-state index is 0. The largest absolute Gasteiger partial charge is 0.503 e. The van der Waals surface area contributed by atoms with E-state index in [0.29, 0.717) is 11.5 Å². The SMILES string of the molecule is CC1(C)c2ccc[c-]c2N(c2[c-]c(Oc3[c-]c(-c4ccccn4)ccc3)ccc2)c2ccc3c4ccccc4n(-c4ccccc4)c3c21.[Pd]. The molecule has 0 spiro atoms. The predicted molar refractivity (Wildman–Crippen MR) is 194 cm³/mol. The van der Waals surface area contributed by atoms with Crippen LogP contribution in [0.25, 0.3) is 38.8 Å². The smallest absolute Gasteiger partial charge is 0.0592 e. The Labute approximate surface area is 299 Å². The average molecular weight is 723 g/mol. The van der Waals surface area contributed by atoms with Gasteiger partial charge in [-0.2, -0.15) is 30.3 Å². The first-order valence-corrected chi connectivity index (χ1v) is 16.2. The number of rotatable bonds is 5. The molecule has 5 heteroatoms. The summed E-state index contributed by atoms with van der Waals surface area (Å²) < 4.78 is 8.82. The van der Waals surface area contributed by atoms with Gasteiger partial charge in [0.1, 0.15) is 0 Å². The predicted octanol–water partition coefficient (Wildman–Crippen LogP) is 11.1. The molecule has 0 unspecified atom stereocenters. The molecule has 2 aromatic heterocycles. The summed E-state index contributed by atoms with van der Waals surface area (Å²) >= 11 is 0. The van der Waals surface area contributed by atoms with Gasteiger partial charge in [0.05, 0.1) is 11.0 Å². The van der Waals surface area contributed by atoms with Crippen LogP contribution < -0.4 is 9.64 Å². The molecule has 0 bridgehead atoms. The topological polar surface area (TPSA) is 30.3 Å². The molecule has 0 fully saturated rings. The van der Waals surface area contributed by atoms with E-state index in [-0.39, 0.29) is 25.8 Å². The third-order valence-corrected chi connectivity index (χ3v) is 9.35. The van der Waals surface area contributed by atoms with Crippen molar-refractivity contribution >= 4 is 38.9 Å². The molecule has 4 nitrogen and oxygen atoms in total. The summed E-state index contributed by atoms with van der Waals surface area (Å²) in [5.41, 5.74) is 10.4. The van der Waals surface area contributed by atoms with Crippen molar-refractivity contribution in [1.82, 2.24) is 9.55 Å².